The Morgan fingerprint density at radius 1 is 0.735 bits per heavy atom. The van der Waals surface area contributed by atoms with Crippen molar-refractivity contribution in [2.75, 3.05) is 19.8 Å². The molecule has 0 amide bonds. The molecular formula is C47H74O21. The molecule has 1 unspecified atom stereocenters. The molecule has 0 aromatic rings. The van der Waals surface area contributed by atoms with Crippen molar-refractivity contribution in [1.82, 2.24) is 0 Å². The second-order valence-electron chi connectivity index (χ2n) is 23.0. The van der Waals surface area contributed by atoms with Gasteiger partial charge in [-0.2, -0.15) is 0 Å². The van der Waals surface area contributed by atoms with Crippen molar-refractivity contribution in [3.63, 3.8) is 0 Å². The first-order valence-electron chi connectivity index (χ1n) is 24.1. The Kier molecular flexibility index (Phi) is 14.0. The van der Waals surface area contributed by atoms with Gasteiger partial charge in [-0.25, -0.2) is 4.79 Å². The number of carboxylic acids is 2. The molecule has 13 N–H and O–H groups in total. The first kappa shape index (κ1) is 52.3. The van der Waals surface area contributed by atoms with Gasteiger partial charge in [-0.1, -0.05) is 47.6 Å². The molecule has 8 rings (SSSR count). The molecule has 3 heterocycles. The Morgan fingerprint density at radius 3 is 1.99 bits per heavy atom. The number of aliphatic carboxylic acids is 2. The Bertz CT molecular complexity index is 1920. The predicted octanol–water partition coefficient (Wildman–Crippen LogP) is -1.65. The minimum atomic E-state index is -2.09. The lowest BCUT2D eigenvalue weighted by molar-refractivity contribution is -0.392. The Hall–Kier alpha value is -2.00. The van der Waals surface area contributed by atoms with Crippen molar-refractivity contribution in [3.8, 4) is 0 Å². The minimum absolute atomic E-state index is 0.0379. The third-order valence-corrected chi connectivity index (χ3v) is 19.1. The van der Waals surface area contributed by atoms with Gasteiger partial charge in [0.15, 0.2) is 25.0 Å². The van der Waals surface area contributed by atoms with Crippen LogP contribution in [-0.2, 0) is 38.0 Å². The molecule has 0 radical (unpaired) electrons. The number of carbonyl (C=O) groups is 2. The summed E-state index contributed by atoms with van der Waals surface area (Å²) in [5, 5.41) is 142. The average molecular weight is 975 g/mol. The molecule has 25 atom stereocenters. The van der Waals surface area contributed by atoms with E-state index in [0.29, 0.717) is 37.7 Å². The van der Waals surface area contributed by atoms with Crippen molar-refractivity contribution in [2.45, 2.75) is 197 Å². The second-order valence-corrected chi connectivity index (χ2v) is 23.0. The van der Waals surface area contributed by atoms with E-state index in [9.17, 15) is 76.0 Å². The fourth-order valence-electron chi connectivity index (χ4n) is 15.1. The van der Waals surface area contributed by atoms with Crippen molar-refractivity contribution < 1.29 is 104 Å². The Balaban J connectivity index is 1.08. The fourth-order valence-corrected chi connectivity index (χ4v) is 15.1. The van der Waals surface area contributed by atoms with E-state index in [1.165, 1.54) is 0 Å². The Labute approximate surface area is 394 Å². The summed E-state index contributed by atoms with van der Waals surface area (Å²) < 4.78 is 35.8. The topological polar surface area (TPSA) is 353 Å². The van der Waals surface area contributed by atoms with E-state index < -0.39 is 168 Å². The molecular weight excluding hydrogens is 900 g/mol. The molecule has 3 saturated heterocycles. The summed E-state index contributed by atoms with van der Waals surface area (Å²) in [6.45, 7) is 10.4. The SMILES string of the molecule is C[C@H]1C[C@@]2(C(=O)O)C[C@H](O)[C@](C)(CO)C[C@H]2C2=CC[C@@H]3[C@@]4(C)CCC(O[C@@H]5O[C@H](C(=O)O)[C@@H](O)[C@H](O)[C@H]5O[C@@H]5O[C@H](CO)[C@@H](O)[C@H](O)[C@H]5O[C@@H]5OC[C@@H](O)[C@H](O)[C@H]5O)C(C)(C)[C@@H]4CC[C@@]3(C)[C@]21O. The smallest absolute Gasteiger partial charge is 0.335 e. The molecule has 8 aliphatic rings. The first-order chi connectivity index (χ1) is 31.7. The summed E-state index contributed by atoms with van der Waals surface area (Å²) in [5.41, 5.74) is -4.89. The van der Waals surface area contributed by atoms with E-state index in [2.05, 4.69) is 13.8 Å². The van der Waals surface area contributed by atoms with Crippen LogP contribution in [-0.4, -0.2) is 202 Å². The number of hydrogen-bond donors (Lipinski definition) is 13. The number of aliphatic hydroxyl groups is 11. The molecule has 0 bridgehead atoms. The fraction of sp³-hybridized carbons (Fsp3) is 0.915. The molecule has 4 saturated carbocycles. The molecule has 0 spiro atoms. The lowest BCUT2D eigenvalue weighted by Gasteiger charge is -2.71. The summed E-state index contributed by atoms with van der Waals surface area (Å²) in [6.07, 6.45) is -22.1. The normalized spacial score (nSPS) is 54.6. The van der Waals surface area contributed by atoms with Crippen LogP contribution >= 0.6 is 0 Å². The van der Waals surface area contributed by atoms with E-state index in [1.54, 1.807) is 6.92 Å². The molecule has 0 aromatic heterocycles. The van der Waals surface area contributed by atoms with Gasteiger partial charge < -0.3 is 94.8 Å². The maximum absolute atomic E-state index is 13.4. The lowest BCUT2D eigenvalue weighted by Crippen LogP contribution is -2.71. The second kappa shape index (κ2) is 18.2. The van der Waals surface area contributed by atoms with Crippen LogP contribution in [0.3, 0.4) is 0 Å². The zero-order valence-corrected chi connectivity index (χ0v) is 39.5. The van der Waals surface area contributed by atoms with Crippen molar-refractivity contribution in [1.29, 1.82) is 0 Å². The van der Waals surface area contributed by atoms with Gasteiger partial charge in [-0.15, -0.1) is 0 Å². The van der Waals surface area contributed by atoms with Crippen LogP contribution in [0, 0.1) is 50.7 Å². The molecule has 5 aliphatic carbocycles. The highest BCUT2D eigenvalue weighted by atomic mass is 16.8. The maximum atomic E-state index is 13.4. The van der Waals surface area contributed by atoms with E-state index in [1.807, 2.05) is 26.8 Å². The number of allylic oxidation sites excluding steroid dienone is 1. The zero-order valence-electron chi connectivity index (χ0n) is 39.5. The zero-order chi connectivity index (χ0) is 50.0. The van der Waals surface area contributed by atoms with Gasteiger partial charge in [-0.3, -0.25) is 4.79 Å². The lowest BCUT2D eigenvalue weighted by atomic mass is 9.34. The van der Waals surface area contributed by atoms with Gasteiger partial charge in [0.2, 0.25) is 0 Å². The molecule has 3 aliphatic heterocycles. The maximum Gasteiger partial charge on any atom is 0.335 e. The predicted molar refractivity (Wildman–Crippen MR) is 229 cm³/mol. The highest BCUT2D eigenvalue weighted by Gasteiger charge is 2.73. The number of fused-ring (bicyclic) bond motifs is 7. The van der Waals surface area contributed by atoms with Gasteiger partial charge in [0, 0.05) is 10.8 Å². The highest BCUT2D eigenvalue weighted by Crippen LogP contribution is 2.74. The number of aliphatic hydroxyl groups excluding tert-OH is 10. The van der Waals surface area contributed by atoms with Gasteiger partial charge in [0.05, 0.1) is 43.0 Å². The van der Waals surface area contributed by atoms with Crippen LogP contribution in [0.1, 0.15) is 92.9 Å². The average Bonchev–Trinajstić information content (AvgIpc) is 3.27. The number of hydrogen-bond acceptors (Lipinski definition) is 19. The standard InChI is InChI=1S/C47H74O21/c1-19-13-46(41(60)61)15-26(51)43(4,18-49)14-21(46)20-7-8-25-44(5)11-10-27(42(2,3)24(44)9-12-45(25,6)47(19,20)62)65-40-36(32(56)31(55)34(66-40)37(58)59)68-39-35(30(54)29(53)23(16-48)64-39)67-38-33(57)28(52)22(50)17-63-38/h7,19,21-36,38-40,48-57,62H,8-18H2,1-6H3,(H,58,59)(H,60,61)/t19-,21-,22+,23+,24-,25+,26-,27?,28-,29+,30-,31-,32-,33+,34-,35+,36+,38-,39-,40+,43-,44-,45+,46+,47+/m0/s1. The van der Waals surface area contributed by atoms with Crippen LogP contribution in [0.5, 0.6) is 0 Å². The summed E-state index contributed by atoms with van der Waals surface area (Å²) in [7, 11) is 0. The largest absolute Gasteiger partial charge is 0.481 e. The number of carboxylic acid groups (broad SMARTS) is 2. The summed E-state index contributed by atoms with van der Waals surface area (Å²) in [6, 6.07) is 0. The monoisotopic (exact) mass is 974 g/mol. The molecule has 68 heavy (non-hydrogen) atoms. The molecule has 21 heteroatoms. The van der Waals surface area contributed by atoms with E-state index in [4.69, 9.17) is 28.4 Å². The van der Waals surface area contributed by atoms with E-state index in [0.717, 1.165) is 0 Å². The van der Waals surface area contributed by atoms with Crippen LogP contribution in [0.15, 0.2) is 11.6 Å². The van der Waals surface area contributed by atoms with Crippen molar-refractivity contribution in [2.24, 2.45) is 50.7 Å². The van der Waals surface area contributed by atoms with Crippen LogP contribution in [0.25, 0.3) is 0 Å². The van der Waals surface area contributed by atoms with Crippen LogP contribution < -0.4 is 0 Å². The summed E-state index contributed by atoms with van der Waals surface area (Å²) in [5.74, 6) is -3.93. The number of ether oxygens (including phenoxy) is 6. The third kappa shape index (κ3) is 7.75. The van der Waals surface area contributed by atoms with E-state index in [-0.39, 0.29) is 37.7 Å². The van der Waals surface area contributed by atoms with Gasteiger partial charge in [0.25, 0.3) is 0 Å². The third-order valence-electron chi connectivity index (χ3n) is 19.1. The van der Waals surface area contributed by atoms with Gasteiger partial charge in [-0.05, 0) is 91.4 Å². The highest BCUT2D eigenvalue weighted by molar-refractivity contribution is 5.77. The molecule has 7 fully saturated rings. The van der Waals surface area contributed by atoms with Crippen LogP contribution in [0.2, 0.25) is 0 Å². The van der Waals surface area contributed by atoms with E-state index >= 15 is 0 Å². The summed E-state index contributed by atoms with van der Waals surface area (Å²) in [4.78, 5) is 25.7. The van der Waals surface area contributed by atoms with Gasteiger partial charge >= 0.3 is 11.9 Å². The number of rotatable bonds is 10. The quantitative estimate of drug-likeness (QED) is 0.0862. The van der Waals surface area contributed by atoms with Gasteiger partial charge in [0.1, 0.15) is 61.0 Å². The summed E-state index contributed by atoms with van der Waals surface area (Å²) >= 11 is 0. The van der Waals surface area contributed by atoms with Crippen LogP contribution in [0.4, 0.5) is 0 Å². The van der Waals surface area contributed by atoms with Crippen molar-refractivity contribution >= 4 is 11.9 Å². The molecule has 21 nitrogen and oxygen atoms in total. The Morgan fingerprint density at radius 2 is 1.37 bits per heavy atom. The van der Waals surface area contributed by atoms with Crippen molar-refractivity contribution in [3.05, 3.63) is 11.6 Å². The first-order valence-corrected chi connectivity index (χ1v) is 24.1. The molecule has 0 aromatic carbocycles. The molecule has 388 valence electrons. The minimum Gasteiger partial charge on any atom is -0.481 e.